The third kappa shape index (κ3) is 4.83. The Morgan fingerprint density at radius 1 is 0.719 bits per heavy atom. The Balaban J connectivity index is 1.51. The molecule has 0 saturated carbocycles. The van der Waals surface area contributed by atoms with Crippen LogP contribution < -0.4 is 4.74 Å². The molecule has 0 N–H and O–H groups in total. The quantitative estimate of drug-likeness (QED) is 0.276. The minimum absolute atomic E-state index is 0.148. The lowest BCUT2D eigenvalue weighted by Gasteiger charge is -2.10. The molecular formula is C29H28F2O. The Bertz CT molecular complexity index is 1210. The second kappa shape index (κ2) is 9.95. The Morgan fingerprint density at radius 3 is 2.09 bits per heavy atom. The van der Waals surface area contributed by atoms with E-state index in [1.54, 1.807) is 12.1 Å². The summed E-state index contributed by atoms with van der Waals surface area (Å²) in [5, 5.41) is 1.40. The van der Waals surface area contributed by atoms with Gasteiger partial charge in [0.2, 0.25) is 0 Å². The molecule has 4 rings (SSSR count). The van der Waals surface area contributed by atoms with Crippen LogP contribution >= 0.6 is 0 Å². The number of hydrogen-bond donors (Lipinski definition) is 0. The van der Waals surface area contributed by atoms with E-state index in [4.69, 9.17) is 4.74 Å². The maximum absolute atomic E-state index is 15.2. The summed E-state index contributed by atoms with van der Waals surface area (Å²) in [4.78, 5) is 0. The maximum atomic E-state index is 15.2. The van der Waals surface area contributed by atoms with Crippen molar-refractivity contribution in [1.82, 2.24) is 0 Å². The zero-order valence-electron chi connectivity index (χ0n) is 18.6. The van der Waals surface area contributed by atoms with Gasteiger partial charge in [-0.2, -0.15) is 0 Å². The smallest absolute Gasteiger partial charge is 0.165 e. The first kappa shape index (κ1) is 22.0. The van der Waals surface area contributed by atoms with E-state index < -0.39 is 5.82 Å². The fraction of sp³-hybridized carbons (Fsp3) is 0.241. The summed E-state index contributed by atoms with van der Waals surface area (Å²) >= 11 is 0. The Kier molecular flexibility index (Phi) is 6.84. The van der Waals surface area contributed by atoms with Crippen molar-refractivity contribution in [3.63, 3.8) is 0 Å². The number of rotatable bonds is 8. The fourth-order valence-corrected chi connectivity index (χ4v) is 4.10. The topological polar surface area (TPSA) is 9.23 Å². The molecule has 4 aromatic rings. The van der Waals surface area contributed by atoms with Gasteiger partial charge in [0.15, 0.2) is 11.6 Å². The molecule has 0 aromatic heterocycles. The van der Waals surface area contributed by atoms with Crippen LogP contribution in [0.25, 0.3) is 21.9 Å². The van der Waals surface area contributed by atoms with Crippen LogP contribution in [0, 0.1) is 11.6 Å². The van der Waals surface area contributed by atoms with E-state index in [1.807, 2.05) is 24.3 Å². The molecular weight excluding hydrogens is 402 g/mol. The summed E-state index contributed by atoms with van der Waals surface area (Å²) in [5.74, 6) is -0.685. The van der Waals surface area contributed by atoms with Gasteiger partial charge in [-0.15, -0.1) is 0 Å². The van der Waals surface area contributed by atoms with Crippen molar-refractivity contribution >= 4 is 10.8 Å². The number of methoxy groups -OCH3 is 1. The van der Waals surface area contributed by atoms with E-state index in [-0.39, 0.29) is 11.6 Å². The van der Waals surface area contributed by atoms with Crippen molar-refractivity contribution in [3.05, 3.63) is 101 Å². The summed E-state index contributed by atoms with van der Waals surface area (Å²) in [7, 11) is 1.41. The fourth-order valence-electron chi connectivity index (χ4n) is 4.10. The van der Waals surface area contributed by atoms with Crippen molar-refractivity contribution in [2.24, 2.45) is 0 Å². The summed E-state index contributed by atoms with van der Waals surface area (Å²) in [6.07, 6.45) is 5.42. The van der Waals surface area contributed by atoms with E-state index in [1.165, 1.54) is 48.8 Å². The van der Waals surface area contributed by atoms with Crippen LogP contribution in [-0.4, -0.2) is 7.11 Å². The number of hydrogen-bond acceptors (Lipinski definition) is 1. The van der Waals surface area contributed by atoms with Crippen molar-refractivity contribution < 1.29 is 13.5 Å². The monoisotopic (exact) mass is 430 g/mol. The molecule has 0 bridgehead atoms. The number of ether oxygens (including phenoxy) is 1. The van der Waals surface area contributed by atoms with Crippen molar-refractivity contribution in [1.29, 1.82) is 0 Å². The van der Waals surface area contributed by atoms with Gasteiger partial charge in [-0.05, 0) is 65.5 Å². The molecule has 0 spiro atoms. The molecule has 4 aromatic carbocycles. The van der Waals surface area contributed by atoms with Gasteiger partial charge >= 0.3 is 0 Å². The molecule has 0 heterocycles. The predicted octanol–water partition coefficient (Wildman–Crippen LogP) is 7.92. The van der Waals surface area contributed by atoms with Gasteiger partial charge < -0.3 is 4.74 Å². The highest BCUT2D eigenvalue weighted by atomic mass is 19.1. The first-order valence-corrected chi connectivity index (χ1v) is 11.2. The highest BCUT2D eigenvalue weighted by Gasteiger charge is 2.12. The van der Waals surface area contributed by atoms with E-state index in [0.717, 1.165) is 24.6 Å². The summed E-state index contributed by atoms with van der Waals surface area (Å²) in [5.41, 5.74) is 4.76. The van der Waals surface area contributed by atoms with Crippen LogP contribution in [0.15, 0.2) is 72.8 Å². The van der Waals surface area contributed by atoms with Gasteiger partial charge in [-0.3, -0.25) is 0 Å². The first-order valence-electron chi connectivity index (χ1n) is 11.2. The molecule has 32 heavy (non-hydrogen) atoms. The summed E-state index contributed by atoms with van der Waals surface area (Å²) < 4.78 is 34.3. The highest BCUT2D eigenvalue weighted by Crippen LogP contribution is 2.32. The molecule has 0 aliphatic carbocycles. The van der Waals surface area contributed by atoms with Crippen LogP contribution in [0.1, 0.15) is 36.5 Å². The molecule has 0 unspecified atom stereocenters. The highest BCUT2D eigenvalue weighted by molar-refractivity contribution is 5.88. The average molecular weight is 431 g/mol. The van der Waals surface area contributed by atoms with Crippen molar-refractivity contribution in [2.45, 2.75) is 39.0 Å². The molecule has 164 valence electrons. The third-order valence-corrected chi connectivity index (χ3v) is 6.03. The largest absolute Gasteiger partial charge is 0.494 e. The van der Waals surface area contributed by atoms with E-state index in [9.17, 15) is 4.39 Å². The third-order valence-electron chi connectivity index (χ3n) is 6.03. The summed E-state index contributed by atoms with van der Waals surface area (Å²) in [6.45, 7) is 2.21. The van der Waals surface area contributed by atoms with Crippen LogP contribution in [0.4, 0.5) is 8.78 Å². The van der Waals surface area contributed by atoms with Crippen molar-refractivity contribution in [2.75, 3.05) is 7.11 Å². The molecule has 0 fully saturated rings. The SMILES string of the molecule is CCCCc1ccc(CCc2ccc3c(F)c(-c4ccc(OC)c(F)c4)ccc3c2)cc1. The van der Waals surface area contributed by atoms with E-state index in [0.29, 0.717) is 16.5 Å². The van der Waals surface area contributed by atoms with Gasteiger partial charge in [0.05, 0.1) is 7.11 Å². The molecule has 0 aliphatic heterocycles. The minimum atomic E-state index is -0.502. The molecule has 3 heteroatoms. The normalized spacial score (nSPS) is 11.1. The second-order valence-corrected chi connectivity index (χ2v) is 8.25. The standard InChI is InChI=1S/C29H28F2O/c1-3-4-5-20-6-8-21(9-7-20)10-11-22-12-15-25-23(18-22)13-16-26(29(25)31)24-14-17-28(32-2)27(30)19-24/h6-9,12-19H,3-5,10-11H2,1-2H3. The number of aryl methyl sites for hydroxylation is 3. The maximum Gasteiger partial charge on any atom is 0.165 e. The lowest BCUT2D eigenvalue weighted by molar-refractivity contribution is 0.386. The lowest BCUT2D eigenvalue weighted by Crippen LogP contribution is -1.94. The minimum Gasteiger partial charge on any atom is -0.494 e. The van der Waals surface area contributed by atoms with E-state index in [2.05, 4.69) is 31.2 Å². The number of fused-ring (bicyclic) bond motifs is 1. The molecule has 1 nitrogen and oxygen atoms in total. The Morgan fingerprint density at radius 2 is 1.41 bits per heavy atom. The lowest BCUT2D eigenvalue weighted by atomic mass is 9.96. The van der Waals surface area contributed by atoms with Crippen LogP contribution in [0.2, 0.25) is 0 Å². The van der Waals surface area contributed by atoms with Crippen LogP contribution in [0.3, 0.4) is 0 Å². The van der Waals surface area contributed by atoms with Gasteiger partial charge in [-0.25, -0.2) is 8.78 Å². The van der Waals surface area contributed by atoms with Gasteiger partial charge in [0.25, 0.3) is 0 Å². The van der Waals surface area contributed by atoms with Gasteiger partial charge in [0, 0.05) is 10.9 Å². The molecule has 0 amide bonds. The van der Waals surface area contributed by atoms with Crippen molar-refractivity contribution in [3.8, 4) is 16.9 Å². The molecule has 0 atom stereocenters. The van der Waals surface area contributed by atoms with Crippen LogP contribution in [0.5, 0.6) is 5.75 Å². The van der Waals surface area contributed by atoms with Gasteiger partial charge in [0.1, 0.15) is 5.82 Å². The average Bonchev–Trinajstić information content (AvgIpc) is 2.82. The number of halogens is 2. The second-order valence-electron chi connectivity index (χ2n) is 8.25. The predicted molar refractivity (Wildman–Crippen MR) is 128 cm³/mol. The summed E-state index contributed by atoms with van der Waals surface area (Å²) in [6, 6.07) is 22.9. The molecule has 0 aliphatic rings. The zero-order chi connectivity index (χ0) is 22.5. The van der Waals surface area contributed by atoms with Gasteiger partial charge in [-0.1, -0.05) is 74.0 Å². The number of unbranched alkanes of at least 4 members (excludes halogenated alkanes) is 1. The Labute approximate surface area is 188 Å². The Hall–Kier alpha value is -3.20. The number of benzene rings is 4. The first-order chi connectivity index (χ1) is 15.6. The zero-order valence-corrected chi connectivity index (χ0v) is 18.6. The van der Waals surface area contributed by atoms with Crippen LogP contribution in [-0.2, 0) is 19.3 Å². The van der Waals surface area contributed by atoms with E-state index >= 15 is 4.39 Å². The molecule has 0 saturated heterocycles. The molecule has 0 radical (unpaired) electrons.